The zero-order chi connectivity index (χ0) is 13.3. The van der Waals surface area contributed by atoms with Crippen molar-refractivity contribution in [2.24, 2.45) is 0 Å². The number of hydrogen-bond acceptors (Lipinski definition) is 3. The first kappa shape index (κ1) is 12.2. The fourth-order valence-electron chi connectivity index (χ4n) is 1.93. The Hall–Kier alpha value is -2.30. The number of aromatic nitrogens is 2. The first-order chi connectivity index (χ1) is 8.52. The van der Waals surface area contributed by atoms with Crippen molar-refractivity contribution in [3.05, 3.63) is 56.7 Å². The molecule has 1 heterocycles. The van der Waals surface area contributed by atoms with Crippen molar-refractivity contribution < 1.29 is 0 Å². The van der Waals surface area contributed by atoms with E-state index in [-0.39, 0.29) is 5.56 Å². The summed E-state index contributed by atoms with van der Waals surface area (Å²) in [5, 5.41) is 1.65. The van der Waals surface area contributed by atoms with Gasteiger partial charge in [0.25, 0.3) is 5.56 Å². The van der Waals surface area contributed by atoms with Crippen molar-refractivity contribution in [3.63, 3.8) is 0 Å². The van der Waals surface area contributed by atoms with Gasteiger partial charge in [-0.2, -0.15) is 0 Å². The Bertz CT molecular complexity index is 669. The molecule has 0 radical (unpaired) electrons. The molecule has 0 unspecified atom stereocenters. The average molecular weight is 245 g/mol. The van der Waals surface area contributed by atoms with Gasteiger partial charge in [0.1, 0.15) is 0 Å². The molecule has 5 heteroatoms. The summed E-state index contributed by atoms with van der Waals surface area (Å²) in [7, 11) is 3.51. The number of hydrogen-bond donors (Lipinski definition) is 1. The number of nitrogens with one attached hydrogen (secondary N) is 1. The van der Waals surface area contributed by atoms with E-state index in [0.717, 1.165) is 5.56 Å². The molecule has 0 aliphatic rings. The van der Waals surface area contributed by atoms with Crippen molar-refractivity contribution >= 4 is 0 Å². The second-order valence-corrected chi connectivity index (χ2v) is 4.26. The van der Waals surface area contributed by atoms with Gasteiger partial charge in [0.2, 0.25) is 0 Å². The zero-order valence-corrected chi connectivity index (χ0v) is 10.6. The molecule has 1 N–H and O–H groups in total. The minimum atomic E-state index is -0.436. The molecule has 0 saturated heterocycles. The summed E-state index contributed by atoms with van der Waals surface area (Å²) in [6.45, 7) is 1.71. The second kappa shape index (κ2) is 4.52. The highest BCUT2D eigenvalue weighted by Crippen LogP contribution is 2.18. The van der Waals surface area contributed by atoms with Crippen LogP contribution in [-0.2, 0) is 0 Å². The zero-order valence-electron chi connectivity index (χ0n) is 10.6. The fourth-order valence-corrected chi connectivity index (χ4v) is 1.93. The Morgan fingerprint density at radius 2 is 1.72 bits per heavy atom. The lowest BCUT2D eigenvalue weighted by Gasteiger charge is -2.21. The van der Waals surface area contributed by atoms with Gasteiger partial charge in [-0.05, 0) is 6.92 Å². The summed E-state index contributed by atoms with van der Waals surface area (Å²) in [6.07, 6.45) is 0. The third-order valence-corrected chi connectivity index (χ3v) is 2.77. The molecule has 0 spiro atoms. The van der Waals surface area contributed by atoms with Crippen LogP contribution in [-0.4, -0.2) is 23.8 Å². The van der Waals surface area contributed by atoms with Crippen LogP contribution in [0, 0.1) is 6.92 Å². The summed E-state index contributed by atoms with van der Waals surface area (Å²) in [5.74, 6) is 0. The summed E-state index contributed by atoms with van der Waals surface area (Å²) in [6, 6.07) is 9.40. The molecule has 1 aromatic carbocycles. The predicted molar refractivity (Wildman–Crippen MR) is 71.6 cm³/mol. The van der Waals surface area contributed by atoms with Gasteiger partial charge in [-0.15, -0.1) is 0 Å². The summed E-state index contributed by atoms with van der Waals surface area (Å²) in [5.41, 5.74) is 1.20. The van der Waals surface area contributed by atoms with Gasteiger partial charge >= 0.3 is 5.69 Å². The van der Waals surface area contributed by atoms with Crippen molar-refractivity contribution in [3.8, 4) is 11.3 Å². The number of benzene rings is 1. The average Bonchev–Trinajstić information content (AvgIpc) is 2.34. The summed E-state index contributed by atoms with van der Waals surface area (Å²) < 4.78 is 1.45. The third-order valence-electron chi connectivity index (χ3n) is 2.77. The molecule has 2 aromatic rings. The smallest absolute Gasteiger partial charge is 0.314 e. The van der Waals surface area contributed by atoms with Crippen LogP contribution in [0.1, 0.15) is 5.56 Å². The van der Waals surface area contributed by atoms with Crippen LogP contribution in [0.3, 0.4) is 0 Å². The minimum absolute atomic E-state index is 0.350. The molecule has 2 rings (SSSR count). The van der Waals surface area contributed by atoms with Crippen molar-refractivity contribution in [1.29, 1.82) is 0 Å². The van der Waals surface area contributed by atoms with Gasteiger partial charge in [-0.1, -0.05) is 30.3 Å². The maximum Gasteiger partial charge on any atom is 0.347 e. The molecule has 18 heavy (non-hydrogen) atoms. The van der Waals surface area contributed by atoms with Crippen molar-refractivity contribution in [2.45, 2.75) is 6.92 Å². The molecule has 0 saturated carbocycles. The SMILES string of the molecule is Cc1c(-c2ccccc2)n(N(C)C)c(=O)[nH]c1=O. The Labute approximate surface area is 104 Å². The normalized spacial score (nSPS) is 10.4. The van der Waals surface area contributed by atoms with Crippen molar-refractivity contribution in [1.82, 2.24) is 9.66 Å². The molecule has 0 bridgehead atoms. The van der Waals surface area contributed by atoms with E-state index in [4.69, 9.17) is 0 Å². The van der Waals surface area contributed by atoms with Crippen LogP contribution in [0.2, 0.25) is 0 Å². The van der Waals surface area contributed by atoms with E-state index in [9.17, 15) is 9.59 Å². The number of rotatable bonds is 2. The molecule has 0 fully saturated rings. The van der Waals surface area contributed by atoms with Crippen LogP contribution < -0.4 is 16.3 Å². The predicted octanol–water partition coefficient (Wildman–Crippen LogP) is 0.710. The largest absolute Gasteiger partial charge is 0.347 e. The molecular formula is C13H15N3O2. The van der Waals surface area contributed by atoms with E-state index in [2.05, 4.69) is 4.98 Å². The summed E-state index contributed by atoms with van der Waals surface area (Å²) in [4.78, 5) is 25.9. The highest BCUT2D eigenvalue weighted by Gasteiger charge is 2.14. The Morgan fingerprint density at radius 3 is 2.28 bits per heavy atom. The van der Waals surface area contributed by atoms with E-state index < -0.39 is 5.69 Å². The van der Waals surface area contributed by atoms with E-state index in [1.54, 1.807) is 26.0 Å². The maximum atomic E-state index is 11.9. The molecule has 0 amide bonds. The van der Waals surface area contributed by atoms with Gasteiger partial charge in [-0.3, -0.25) is 9.78 Å². The standard InChI is InChI=1S/C13H15N3O2/c1-9-11(10-7-5-4-6-8-10)16(15(2)3)13(18)14-12(9)17/h4-8H,1-3H3,(H,14,17,18). The highest BCUT2D eigenvalue weighted by atomic mass is 16.2. The number of H-pyrrole nitrogens is 1. The lowest BCUT2D eigenvalue weighted by atomic mass is 10.1. The van der Waals surface area contributed by atoms with Crippen molar-refractivity contribution in [2.75, 3.05) is 19.1 Å². The van der Waals surface area contributed by atoms with E-state index >= 15 is 0 Å². The first-order valence-corrected chi connectivity index (χ1v) is 5.61. The number of aromatic amines is 1. The maximum absolute atomic E-state index is 11.9. The Balaban J connectivity index is 2.88. The molecule has 0 aliphatic carbocycles. The van der Waals surface area contributed by atoms with Crippen LogP contribution in [0.4, 0.5) is 0 Å². The fraction of sp³-hybridized carbons (Fsp3) is 0.231. The van der Waals surface area contributed by atoms with E-state index in [1.807, 2.05) is 30.3 Å². The van der Waals surface area contributed by atoms with Crippen LogP contribution >= 0.6 is 0 Å². The number of nitrogens with zero attached hydrogens (tertiary/aromatic N) is 2. The lowest BCUT2D eigenvalue weighted by Crippen LogP contribution is -2.42. The monoisotopic (exact) mass is 245 g/mol. The van der Waals surface area contributed by atoms with Gasteiger partial charge < -0.3 is 5.01 Å². The first-order valence-electron chi connectivity index (χ1n) is 5.61. The van der Waals surface area contributed by atoms with Crippen LogP contribution in [0.25, 0.3) is 11.3 Å². The summed E-state index contributed by atoms with van der Waals surface area (Å²) >= 11 is 0. The van der Waals surface area contributed by atoms with Gasteiger partial charge in [0.15, 0.2) is 0 Å². The second-order valence-electron chi connectivity index (χ2n) is 4.26. The molecule has 1 aromatic heterocycles. The van der Waals surface area contributed by atoms with E-state index in [0.29, 0.717) is 11.3 Å². The molecule has 94 valence electrons. The highest BCUT2D eigenvalue weighted by molar-refractivity contribution is 5.63. The third kappa shape index (κ3) is 1.95. The van der Waals surface area contributed by atoms with Crippen LogP contribution in [0.15, 0.2) is 39.9 Å². The topological polar surface area (TPSA) is 58.1 Å². The minimum Gasteiger partial charge on any atom is -0.314 e. The van der Waals surface area contributed by atoms with Gasteiger partial charge in [0, 0.05) is 25.2 Å². The van der Waals surface area contributed by atoms with Crippen LogP contribution in [0.5, 0.6) is 0 Å². The molecule has 0 atom stereocenters. The van der Waals surface area contributed by atoms with E-state index in [1.165, 1.54) is 4.68 Å². The quantitative estimate of drug-likeness (QED) is 0.847. The Morgan fingerprint density at radius 1 is 1.11 bits per heavy atom. The molecular weight excluding hydrogens is 230 g/mol. The van der Waals surface area contributed by atoms with Gasteiger partial charge in [0.05, 0.1) is 5.69 Å². The lowest BCUT2D eigenvalue weighted by molar-refractivity contribution is 0.674. The Kier molecular flexibility index (Phi) is 3.06. The molecule has 5 nitrogen and oxygen atoms in total. The molecule has 0 aliphatic heterocycles. The van der Waals surface area contributed by atoms with Gasteiger partial charge in [-0.25, -0.2) is 9.47 Å².